The van der Waals surface area contributed by atoms with Gasteiger partial charge in [-0.25, -0.2) is 4.79 Å². The van der Waals surface area contributed by atoms with Crippen molar-refractivity contribution in [3.8, 4) is 0 Å². The average Bonchev–Trinajstić information content (AvgIpc) is 2.49. The van der Waals surface area contributed by atoms with Gasteiger partial charge in [0.15, 0.2) is 0 Å². The number of fused-ring (bicyclic) bond motifs is 1. The Hall–Kier alpha value is -2.07. The van der Waals surface area contributed by atoms with Crippen LogP contribution in [-0.4, -0.2) is 37.1 Å². The highest BCUT2D eigenvalue weighted by Gasteiger charge is 2.22. The van der Waals surface area contributed by atoms with Crippen molar-refractivity contribution in [3.05, 3.63) is 42.0 Å². The molecule has 1 heterocycles. The second kappa shape index (κ2) is 5.74. The summed E-state index contributed by atoms with van der Waals surface area (Å²) in [4.78, 5) is 14.6. The lowest BCUT2D eigenvalue weighted by Crippen LogP contribution is -2.35. The van der Waals surface area contributed by atoms with Crippen LogP contribution in [0, 0.1) is 0 Å². The number of hydrogen-bond acceptors (Lipinski definition) is 4. The second-order valence-corrected chi connectivity index (χ2v) is 5.69. The molecule has 0 unspecified atom stereocenters. The fourth-order valence-electron chi connectivity index (χ4n) is 2.75. The molecule has 1 saturated heterocycles. The molecule has 4 heteroatoms. The van der Waals surface area contributed by atoms with E-state index in [0.29, 0.717) is 11.3 Å². The first-order valence-corrected chi connectivity index (χ1v) is 7.31. The van der Waals surface area contributed by atoms with Crippen molar-refractivity contribution in [2.45, 2.75) is 18.9 Å². The predicted molar refractivity (Wildman–Crippen MR) is 84.3 cm³/mol. The van der Waals surface area contributed by atoms with Gasteiger partial charge in [-0.05, 0) is 42.8 Å². The summed E-state index contributed by atoms with van der Waals surface area (Å²) < 4.78 is 5.61. The van der Waals surface area contributed by atoms with E-state index in [0.717, 1.165) is 36.7 Å². The zero-order chi connectivity index (χ0) is 14.8. The molecule has 110 valence electrons. The molecular formula is C17H20N2O2. The Morgan fingerprint density at radius 1 is 1.19 bits per heavy atom. The third kappa shape index (κ3) is 3.00. The van der Waals surface area contributed by atoms with Crippen LogP contribution in [0.5, 0.6) is 0 Å². The number of hydrogen-bond donors (Lipinski definition) is 1. The minimum Gasteiger partial charge on any atom is -0.459 e. The Balaban J connectivity index is 1.79. The molecular weight excluding hydrogens is 264 g/mol. The van der Waals surface area contributed by atoms with Gasteiger partial charge in [-0.1, -0.05) is 24.3 Å². The molecule has 2 N–H and O–H groups in total. The summed E-state index contributed by atoms with van der Waals surface area (Å²) in [6.07, 6.45) is 1.77. The Labute approximate surface area is 124 Å². The van der Waals surface area contributed by atoms with Gasteiger partial charge >= 0.3 is 5.97 Å². The Morgan fingerprint density at radius 2 is 1.81 bits per heavy atom. The number of rotatable bonds is 2. The quantitative estimate of drug-likeness (QED) is 0.680. The van der Waals surface area contributed by atoms with Gasteiger partial charge in [-0.2, -0.15) is 0 Å². The normalized spacial score (nSPS) is 17.0. The van der Waals surface area contributed by atoms with Crippen molar-refractivity contribution < 1.29 is 9.53 Å². The van der Waals surface area contributed by atoms with Crippen LogP contribution in [-0.2, 0) is 4.74 Å². The fraction of sp³-hybridized carbons (Fsp3) is 0.353. The van der Waals surface area contributed by atoms with Crippen LogP contribution in [0.3, 0.4) is 0 Å². The Morgan fingerprint density at radius 3 is 2.48 bits per heavy atom. The number of carbonyl (C=O) groups is 1. The summed E-state index contributed by atoms with van der Waals surface area (Å²) >= 11 is 0. The fourth-order valence-corrected chi connectivity index (χ4v) is 2.75. The third-order valence-corrected chi connectivity index (χ3v) is 4.08. The number of piperidine rings is 1. The average molecular weight is 284 g/mol. The van der Waals surface area contributed by atoms with E-state index in [-0.39, 0.29) is 12.1 Å². The monoisotopic (exact) mass is 284 g/mol. The van der Waals surface area contributed by atoms with E-state index < -0.39 is 0 Å². The maximum atomic E-state index is 12.3. The first-order chi connectivity index (χ1) is 10.1. The van der Waals surface area contributed by atoms with Gasteiger partial charge in [-0.3, -0.25) is 0 Å². The molecule has 1 aliphatic rings. The van der Waals surface area contributed by atoms with Crippen LogP contribution in [0.1, 0.15) is 23.2 Å². The van der Waals surface area contributed by atoms with Crippen molar-refractivity contribution in [1.29, 1.82) is 0 Å². The van der Waals surface area contributed by atoms with E-state index in [1.165, 1.54) is 0 Å². The number of anilines is 1. The van der Waals surface area contributed by atoms with Crippen LogP contribution in [0.25, 0.3) is 10.8 Å². The highest BCUT2D eigenvalue weighted by molar-refractivity contribution is 6.01. The van der Waals surface area contributed by atoms with E-state index in [9.17, 15) is 4.79 Å². The molecule has 0 spiro atoms. The number of carbonyl (C=O) groups excluding carboxylic acids is 1. The van der Waals surface area contributed by atoms with Gasteiger partial charge in [-0.15, -0.1) is 0 Å². The molecule has 1 fully saturated rings. The standard InChI is InChI=1S/C17H20N2O2/c1-19-8-6-14(7-9-19)21-17(20)15-10-12-4-2-3-5-13(12)11-16(15)18/h2-5,10-11,14H,6-9,18H2,1H3. The number of likely N-dealkylation sites (tertiary alicyclic amines) is 1. The van der Waals surface area contributed by atoms with Crippen molar-refractivity contribution in [2.24, 2.45) is 0 Å². The lowest BCUT2D eigenvalue weighted by atomic mass is 10.0. The van der Waals surface area contributed by atoms with Crippen molar-refractivity contribution in [1.82, 2.24) is 4.90 Å². The lowest BCUT2D eigenvalue weighted by Gasteiger charge is -2.28. The van der Waals surface area contributed by atoms with Gasteiger partial charge in [0.05, 0.1) is 5.56 Å². The van der Waals surface area contributed by atoms with Crippen LogP contribution in [0.4, 0.5) is 5.69 Å². The molecule has 4 nitrogen and oxygen atoms in total. The minimum absolute atomic E-state index is 0.000398. The highest BCUT2D eigenvalue weighted by atomic mass is 16.5. The van der Waals surface area contributed by atoms with E-state index in [1.807, 2.05) is 36.4 Å². The second-order valence-electron chi connectivity index (χ2n) is 5.69. The molecule has 0 atom stereocenters. The smallest absolute Gasteiger partial charge is 0.340 e. The third-order valence-electron chi connectivity index (χ3n) is 4.08. The summed E-state index contributed by atoms with van der Waals surface area (Å²) in [5.74, 6) is -0.312. The molecule has 0 saturated carbocycles. The molecule has 0 bridgehead atoms. The predicted octanol–water partition coefficient (Wildman–Crippen LogP) is 2.67. The molecule has 2 aromatic rings. The molecule has 0 amide bonds. The lowest BCUT2D eigenvalue weighted by molar-refractivity contribution is 0.0141. The summed E-state index contributed by atoms with van der Waals surface area (Å²) in [6.45, 7) is 1.93. The molecule has 2 aromatic carbocycles. The molecule has 3 rings (SSSR count). The van der Waals surface area contributed by atoms with Crippen LogP contribution < -0.4 is 5.73 Å². The highest BCUT2D eigenvalue weighted by Crippen LogP contribution is 2.24. The van der Waals surface area contributed by atoms with Gasteiger partial charge < -0.3 is 15.4 Å². The first kappa shape index (κ1) is 13.9. The van der Waals surface area contributed by atoms with E-state index in [1.54, 1.807) is 0 Å². The summed E-state index contributed by atoms with van der Waals surface area (Å²) in [5, 5.41) is 2.04. The number of esters is 1. The number of nitrogen functional groups attached to an aromatic ring is 1. The topological polar surface area (TPSA) is 55.6 Å². The Bertz CT molecular complexity index is 661. The van der Waals surface area contributed by atoms with Crippen molar-refractivity contribution >= 4 is 22.4 Å². The van der Waals surface area contributed by atoms with Gasteiger partial charge in [0.2, 0.25) is 0 Å². The molecule has 21 heavy (non-hydrogen) atoms. The first-order valence-electron chi connectivity index (χ1n) is 7.31. The zero-order valence-corrected chi connectivity index (χ0v) is 12.2. The number of ether oxygens (including phenoxy) is 1. The van der Waals surface area contributed by atoms with Crippen LogP contribution in [0.15, 0.2) is 36.4 Å². The minimum atomic E-state index is -0.312. The van der Waals surface area contributed by atoms with E-state index in [2.05, 4.69) is 11.9 Å². The number of nitrogens with two attached hydrogens (primary N) is 1. The van der Waals surface area contributed by atoms with Crippen LogP contribution >= 0.6 is 0 Å². The maximum absolute atomic E-state index is 12.3. The van der Waals surface area contributed by atoms with Crippen LogP contribution in [0.2, 0.25) is 0 Å². The molecule has 0 aliphatic carbocycles. The van der Waals surface area contributed by atoms with Crippen molar-refractivity contribution in [3.63, 3.8) is 0 Å². The van der Waals surface area contributed by atoms with E-state index in [4.69, 9.17) is 10.5 Å². The summed E-state index contributed by atoms with van der Waals surface area (Å²) in [6, 6.07) is 11.5. The number of nitrogens with zero attached hydrogens (tertiary/aromatic N) is 1. The zero-order valence-electron chi connectivity index (χ0n) is 12.2. The van der Waals surface area contributed by atoms with Crippen molar-refractivity contribution in [2.75, 3.05) is 25.9 Å². The molecule has 0 radical (unpaired) electrons. The summed E-state index contributed by atoms with van der Waals surface area (Å²) in [7, 11) is 2.08. The van der Waals surface area contributed by atoms with Gasteiger partial charge in [0.1, 0.15) is 6.10 Å². The number of benzene rings is 2. The largest absolute Gasteiger partial charge is 0.459 e. The summed E-state index contributed by atoms with van der Waals surface area (Å²) in [5.41, 5.74) is 6.95. The van der Waals surface area contributed by atoms with Gasteiger partial charge in [0.25, 0.3) is 0 Å². The molecule has 0 aromatic heterocycles. The maximum Gasteiger partial charge on any atom is 0.340 e. The van der Waals surface area contributed by atoms with E-state index >= 15 is 0 Å². The van der Waals surface area contributed by atoms with Gasteiger partial charge in [0, 0.05) is 18.8 Å². The Kier molecular flexibility index (Phi) is 3.80. The SMILES string of the molecule is CN1CCC(OC(=O)c2cc3ccccc3cc2N)CC1. The molecule has 1 aliphatic heterocycles.